The third kappa shape index (κ3) is 3.14. The Morgan fingerprint density at radius 1 is 1.07 bits per heavy atom. The molecule has 5 nitrogen and oxygen atoms in total. The average molecular weight is 388 g/mol. The van der Waals surface area contributed by atoms with Gasteiger partial charge in [-0.05, 0) is 49.1 Å². The Hall–Kier alpha value is -2.86. The van der Waals surface area contributed by atoms with Crippen LogP contribution in [0.4, 0.5) is 5.82 Å². The van der Waals surface area contributed by atoms with Crippen LogP contribution in [0.5, 0.6) is 0 Å². The molecule has 0 radical (unpaired) electrons. The van der Waals surface area contributed by atoms with E-state index in [1.807, 2.05) is 48.0 Å². The van der Waals surface area contributed by atoms with E-state index in [0.717, 1.165) is 53.5 Å². The van der Waals surface area contributed by atoms with Gasteiger partial charge < -0.3 is 4.90 Å². The molecule has 0 fully saturated rings. The number of hydrogen-bond acceptors (Lipinski definition) is 6. The van der Waals surface area contributed by atoms with Gasteiger partial charge in [0.1, 0.15) is 10.6 Å². The maximum absolute atomic E-state index is 4.99. The first-order valence-electron chi connectivity index (χ1n) is 9.63. The minimum atomic E-state index is 0.750. The van der Waals surface area contributed by atoms with Crippen molar-refractivity contribution in [1.29, 1.82) is 0 Å². The first-order chi connectivity index (χ1) is 13.8. The second-order valence-electron chi connectivity index (χ2n) is 7.14. The fourth-order valence-electron chi connectivity index (χ4n) is 3.81. The monoisotopic (exact) mass is 387 g/mol. The molecular formula is C22H21N5S. The second-order valence-corrected chi connectivity index (χ2v) is 8.23. The second kappa shape index (κ2) is 7.28. The summed E-state index contributed by atoms with van der Waals surface area (Å²) in [5.74, 6) is 1.78. The zero-order chi connectivity index (χ0) is 18.9. The fraction of sp³-hybridized carbons (Fsp3) is 0.273. The van der Waals surface area contributed by atoms with Gasteiger partial charge in [0.2, 0.25) is 0 Å². The Kier molecular flexibility index (Phi) is 4.49. The standard InChI is InChI=1S/C22H21N5S/c1-27(13-10-16-7-2-3-12-24-16)21-19-17-8-4-9-18(17)28-22(19)26-20(25-21)15-6-5-11-23-14-15/h2-3,5-7,11-12,14H,4,8-10,13H2,1H3. The molecule has 140 valence electrons. The van der Waals surface area contributed by atoms with Crippen molar-refractivity contribution in [1.82, 2.24) is 19.9 Å². The van der Waals surface area contributed by atoms with Gasteiger partial charge in [-0.15, -0.1) is 11.3 Å². The maximum atomic E-state index is 4.99. The molecule has 0 unspecified atom stereocenters. The van der Waals surface area contributed by atoms with E-state index >= 15 is 0 Å². The molecule has 0 saturated heterocycles. The number of aryl methyl sites for hydroxylation is 2. The van der Waals surface area contributed by atoms with Gasteiger partial charge in [-0.25, -0.2) is 9.97 Å². The zero-order valence-corrected chi connectivity index (χ0v) is 16.6. The number of thiophene rings is 1. The highest BCUT2D eigenvalue weighted by Crippen LogP contribution is 2.41. The molecule has 0 saturated carbocycles. The summed E-state index contributed by atoms with van der Waals surface area (Å²) in [4.78, 5) is 23.4. The van der Waals surface area contributed by atoms with Crippen LogP contribution in [-0.2, 0) is 19.3 Å². The number of rotatable bonds is 5. The summed E-state index contributed by atoms with van der Waals surface area (Å²) in [7, 11) is 2.12. The SMILES string of the molecule is CN(CCc1ccccn1)c1nc(-c2cccnc2)nc2sc3c(c12)CCC3. The number of fused-ring (bicyclic) bond motifs is 3. The van der Waals surface area contributed by atoms with Crippen LogP contribution in [0.15, 0.2) is 48.9 Å². The lowest BCUT2D eigenvalue weighted by Crippen LogP contribution is -2.22. The van der Waals surface area contributed by atoms with E-state index in [1.165, 1.54) is 22.2 Å². The highest BCUT2D eigenvalue weighted by atomic mass is 32.1. The summed E-state index contributed by atoms with van der Waals surface area (Å²) >= 11 is 1.83. The summed E-state index contributed by atoms with van der Waals surface area (Å²) in [6.07, 6.45) is 9.88. The third-order valence-electron chi connectivity index (χ3n) is 5.26. The van der Waals surface area contributed by atoms with Crippen molar-refractivity contribution in [3.05, 3.63) is 65.1 Å². The Balaban J connectivity index is 1.57. The molecule has 6 heteroatoms. The number of pyridine rings is 2. The largest absolute Gasteiger partial charge is 0.359 e. The van der Waals surface area contributed by atoms with E-state index in [4.69, 9.17) is 9.97 Å². The number of likely N-dealkylation sites (N-methyl/N-ethyl adjacent to an activating group) is 1. The molecule has 28 heavy (non-hydrogen) atoms. The molecule has 0 aromatic carbocycles. The van der Waals surface area contributed by atoms with Crippen LogP contribution in [0.2, 0.25) is 0 Å². The maximum Gasteiger partial charge on any atom is 0.164 e. The molecule has 0 atom stereocenters. The minimum Gasteiger partial charge on any atom is -0.359 e. The molecule has 5 rings (SSSR count). The topological polar surface area (TPSA) is 54.8 Å². The van der Waals surface area contributed by atoms with Crippen LogP contribution < -0.4 is 4.90 Å². The van der Waals surface area contributed by atoms with Gasteiger partial charge >= 0.3 is 0 Å². The number of nitrogens with zero attached hydrogens (tertiary/aromatic N) is 5. The molecule has 0 spiro atoms. The number of aromatic nitrogens is 4. The summed E-state index contributed by atoms with van der Waals surface area (Å²) < 4.78 is 0. The first-order valence-corrected chi connectivity index (χ1v) is 10.4. The van der Waals surface area contributed by atoms with Gasteiger partial charge in [-0.3, -0.25) is 9.97 Å². The molecule has 0 aliphatic heterocycles. The Bertz CT molecular complexity index is 1110. The zero-order valence-electron chi connectivity index (χ0n) is 15.8. The predicted molar refractivity (Wildman–Crippen MR) is 114 cm³/mol. The summed E-state index contributed by atoms with van der Waals surface area (Å²) in [6.45, 7) is 0.861. The van der Waals surface area contributed by atoms with Crippen molar-refractivity contribution in [3.8, 4) is 11.4 Å². The van der Waals surface area contributed by atoms with Crippen molar-refractivity contribution in [2.24, 2.45) is 0 Å². The predicted octanol–water partition coefficient (Wildman–Crippen LogP) is 4.32. The van der Waals surface area contributed by atoms with Gasteiger partial charge in [0, 0.05) is 54.7 Å². The molecule has 1 aliphatic rings. The van der Waals surface area contributed by atoms with Crippen molar-refractivity contribution in [2.75, 3.05) is 18.5 Å². The van der Waals surface area contributed by atoms with Crippen LogP contribution in [0.1, 0.15) is 22.6 Å². The van der Waals surface area contributed by atoms with Crippen molar-refractivity contribution < 1.29 is 0 Å². The Labute approximate surface area is 168 Å². The highest BCUT2D eigenvalue weighted by molar-refractivity contribution is 7.19. The van der Waals surface area contributed by atoms with Crippen molar-refractivity contribution >= 4 is 27.4 Å². The molecule has 4 heterocycles. The van der Waals surface area contributed by atoms with E-state index in [0.29, 0.717) is 0 Å². The lowest BCUT2D eigenvalue weighted by molar-refractivity contribution is 0.841. The fourth-order valence-corrected chi connectivity index (χ4v) is 5.07. The molecular weight excluding hydrogens is 366 g/mol. The van der Waals surface area contributed by atoms with E-state index in [2.05, 4.69) is 28.0 Å². The third-order valence-corrected chi connectivity index (χ3v) is 6.44. The molecule has 0 bridgehead atoms. The summed E-state index contributed by atoms with van der Waals surface area (Å²) in [5, 5.41) is 1.24. The van der Waals surface area contributed by atoms with Gasteiger partial charge in [-0.2, -0.15) is 0 Å². The lowest BCUT2D eigenvalue weighted by atomic mass is 10.1. The van der Waals surface area contributed by atoms with Crippen LogP contribution in [0.3, 0.4) is 0 Å². The average Bonchev–Trinajstić information content (AvgIpc) is 3.34. The van der Waals surface area contributed by atoms with Crippen LogP contribution in [0.25, 0.3) is 21.6 Å². The van der Waals surface area contributed by atoms with E-state index in [9.17, 15) is 0 Å². The van der Waals surface area contributed by atoms with Crippen LogP contribution in [0, 0.1) is 0 Å². The summed E-state index contributed by atoms with van der Waals surface area (Å²) in [5.41, 5.74) is 3.51. The normalized spacial score (nSPS) is 13.0. The lowest BCUT2D eigenvalue weighted by Gasteiger charge is -2.20. The van der Waals surface area contributed by atoms with E-state index in [1.54, 1.807) is 6.20 Å². The molecule has 1 aliphatic carbocycles. The first kappa shape index (κ1) is 17.3. The van der Waals surface area contributed by atoms with Crippen molar-refractivity contribution in [2.45, 2.75) is 25.7 Å². The van der Waals surface area contributed by atoms with Gasteiger partial charge in [-0.1, -0.05) is 6.07 Å². The van der Waals surface area contributed by atoms with Gasteiger partial charge in [0.15, 0.2) is 5.82 Å². The van der Waals surface area contributed by atoms with E-state index < -0.39 is 0 Å². The van der Waals surface area contributed by atoms with Crippen LogP contribution >= 0.6 is 11.3 Å². The molecule has 4 aromatic rings. The van der Waals surface area contributed by atoms with Crippen molar-refractivity contribution in [3.63, 3.8) is 0 Å². The smallest absolute Gasteiger partial charge is 0.164 e. The van der Waals surface area contributed by atoms with Crippen LogP contribution in [-0.4, -0.2) is 33.5 Å². The highest BCUT2D eigenvalue weighted by Gasteiger charge is 2.24. The molecule has 0 N–H and O–H groups in total. The number of hydrogen-bond donors (Lipinski definition) is 0. The van der Waals surface area contributed by atoms with Gasteiger partial charge in [0.25, 0.3) is 0 Å². The number of anilines is 1. The molecule has 0 amide bonds. The Morgan fingerprint density at radius 2 is 2.04 bits per heavy atom. The van der Waals surface area contributed by atoms with Gasteiger partial charge in [0.05, 0.1) is 5.39 Å². The Morgan fingerprint density at radius 3 is 2.86 bits per heavy atom. The quantitative estimate of drug-likeness (QED) is 0.511. The summed E-state index contributed by atoms with van der Waals surface area (Å²) in [6, 6.07) is 10.0. The minimum absolute atomic E-state index is 0.750. The van der Waals surface area contributed by atoms with E-state index in [-0.39, 0.29) is 0 Å². The molecule has 4 aromatic heterocycles.